The molecule has 0 bridgehead atoms. The fourth-order valence-electron chi connectivity index (χ4n) is 1.44. The second-order valence-corrected chi connectivity index (χ2v) is 4.50. The molecule has 0 rings (SSSR count). The third-order valence-electron chi connectivity index (χ3n) is 2.50. The van der Waals surface area contributed by atoms with Gasteiger partial charge in [0, 0.05) is 5.92 Å². The average Bonchev–Trinajstić information content (AvgIpc) is 2.31. The van der Waals surface area contributed by atoms with Gasteiger partial charge in [-0.15, -0.1) is 0 Å². The summed E-state index contributed by atoms with van der Waals surface area (Å²) >= 11 is 0. The van der Waals surface area contributed by atoms with Gasteiger partial charge in [0.05, 0.1) is 19.1 Å². The van der Waals surface area contributed by atoms with Gasteiger partial charge in [-0.3, -0.25) is 4.79 Å². The van der Waals surface area contributed by atoms with E-state index < -0.39 is 6.10 Å². The van der Waals surface area contributed by atoms with Crippen LogP contribution in [0.5, 0.6) is 0 Å². The summed E-state index contributed by atoms with van der Waals surface area (Å²) in [7, 11) is 0. The van der Waals surface area contributed by atoms with Crippen LogP contribution in [0.2, 0.25) is 0 Å². The number of ether oxygens (including phenoxy) is 1. The Morgan fingerprint density at radius 3 is 2.71 bits per heavy atom. The highest BCUT2D eigenvalue weighted by Gasteiger charge is 2.12. The van der Waals surface area contributed by atoms with Crippen LogP contribution in [0, 0.1) is 5.92 Å². The molecule has 2 atom stereocenters. The van der Waals surface area contributed by atoms with Crippen molar-refractivity contribution in [2.75, 3.05) is 6.61 Å². The van der Waals surface area contributed by atoms with Crippen molar-refractivity contribution in [1.29, 1.82) is 0 Å². The number of unbranched alkanes of at least 4 members (excludes halogenated alkanes) is 1. The van der Waals surface area contributed by atoms with Crippen LogP contribution in [0.1, 0.15) is 52.9 Å². The maximum atomic E-state index is 11.4. The first-order chi connectivity index (χ1) is 8.10. The van der Waals surface area contributed by atoms with Gasteiger partial charge in [0.25, 0.3) is 0 Å². The van der Waals surface area contributed by atoms with E-state index in [0.29, 0.717) is 13.0 Å². The quantitative estimate of drug-likeness (QED) is 0.499. The molecule has 0 aromatic carbocycles. The Balaban J connectivity index is 3.68. The smallest absolute Gasteiger partial charge is 0.308 e. The van der Waals surface area contributed by atoms with E-state index in [1.807, 2.05) is 13.0 Å². The summed E-state index contributed by atoms with van der Waals surface area (Å²) in [5.41, 5.74) is 0. The predicted molar refractivity (Wildman–Crippen MR) is 69.7 cm³/mol. The summed E-state index contributed by atoms with van der Waals surface area (Å²) in [4.78, 5) is 11.4. The maximum absolute atomic E-state index is 11.4. The molecule has 2 unspecified atom stereocenters. The SMILES string of the molecule is CC/C=C/C(C)COC(=O)CC(O)CCCC. The molecule has 0 aliphatic carbocycles. The lowest BCUT2D eigenvalue weighted by Crippen LogP contribution is -2.17. The van der Waals surface area contributed by atoms with Gasteiger partial charge in [-0.05, 0) is 12.8 Å². The number of aliphatic hydroxyl groups excluding tert-OH is 1. The number of hydrogen-bond acceptors (Lipinski definition) is 3. The summed E-state index contributed by atoms with van der Waals surface area (Å²) in [5, 5.41) is 9.54. The summed E-state index contributed by atoms with van der Waals surface area (Å²) in [6.07, 6.45) is 7.32. The topological polar surface area (TPSA) is 46.5 Å². The second-order valence-electron chi connectivity index (χ2n) is 4.50. The standard InChI is InChI=1S/C14H26O3/c1-4-6-8-12(3)11-17-14(16)10-13(15)9-7-5-2/h6,8,12-13,15H,4-5,7,9-11H2,1-3H3/b8-6+. The van der Waals surface area contributed by atoms with Gasteiger partial charge in [-0.2, -0.15) is 0 Å². The van der Waals surface area contributed by atoms with E-state index >= 15 is 0 Å². The largest absolute Gasteiger partial charge is 0.465 e. The van der Waals surface area contributed by atoms with Crippen LogP contribution >= 0.6 is 0 Å². The Labute approximate surface area is 105 Å². The Bertz CT molecular complexity index is 224. The van der Waals surface area contributed by atoms with Crippen LogP contribution in [-0.4, -0.2) is 23.8 Å². The molecule has 0 aromatic rings. The summed E-state index contributed by atoms with van der Waals surface area (Å²) in [5.74, 6) is -0.0583. The van der Waals surface area contributed by atoms with E-state index in [4.69, 9.17) is 4.74 Å². The van der Waals surface area contributed by atoms with Crippen molar-refractivity contribution in [3.05, 3.63) is 12.2 Å². The van der Waals surface area contributed by atoms with E-state index in [2.05, 4.69) is 19.9 Å². The fraction of sp³-hybridized carbons (Fsp3) is 0.786. The molecule has 3 nitrogen and oxygen atoms in total. The highest BCUT2D eigenvalue weighted by atomic mass is 16.5. The third-order valence-corrected chi connectivity index (χ3v) is 2.50. The molecule has 1 N–H and O–H groups in total. The number of hydrogen-bond donors (Lipinski definition) is 1. The van der Waals surface area contributed by atoms with Crippen molar-refractivity contribution >= 4 is 5.97 Å². The zero-order chi connectivity index (χ0) is 13.1. The van der Waals surface area contributed by atoms with E-state index in [0.717, 1.165) is 19.3 Å². The Morgan fingerprint density at radius 2 is 2.12 bits per heavy atom. The number of carbonyl (C=O) groups excluding carboxylic acids is 1. The molecule has 0 aromatic heterocycles. The average molecular weight is 242 g/mol. The Hall–Kier alpha value is -0.830. The molecule has 0 aliphatic rings. The fourth-order valence-corrected chi connectivity index (χ4v) is 1.44. The second kappa shape index (κ2) is 10.3. The monoisotopic (exact) mass is 242 g/mol. The summed E-state index contributed by atoms with van der Waals surface area (Å²) < 4.78 is 5.10. The van der Waals surface area contributed by atoms with Crippen molar-refractivity contribution in [2.24, 2.45) is 5.92 Å². The lowest BCUT2D eigenvalue weighted by Gasteiger charge is -2.11. The molecule has 0 fully saturated rings. The minimum atomic E-state index is -0.552. The van der Waals surface area contributed by atoms with Gasteiger partial charge >= 0.3 is 5.97 Å². The van der Waals surface area contributed by atoms with Crippen LogP contribution in [0.25, 0.3) is 0 Å². The number of rotatable bonds is 9. The van der Waals surface area contributed by atoms with Crippen molar-refractivity contribution in [3.63, 3.8) is 0 Å². The minimum Gasteiger partial charge on any atom is -0.465 e. The molecule has 0 amide bonds. The molecule has 0 spiro atoms. The van der Waals surface area contributed by atoms with Crippen LogP contribution in [-0.2, 0) is 9.53 Å². The van der Waals surface area contributed by atoms with Crippen molar-refractivity contribution in [3.8, 4) is 0 Å². The van der Waals surface area contributed by atoms with Gasteiger partial charge in [-0.25, -0.2) is 0 Å². The van der Waals surface area contributed by atoms with Gasteiger partial charge < -0.3 is 9.84 Å². The first-order valence-corrected chi connectivity index (χ1v) is 6.60. The highest BCUT2D eigenvalue weighted by molar-refractivity contribution is 5.69. The molecule has 0 radical (unpaired) electrons. The number of aliphatic hydroxyl groups is 1. The maximum Gasteiger partial charge on any atom is 0.308 e. The zero-order valence-electron chi connectivity index (χ0n) is 11.3. The molecular formula is C14H26O3. The van der Waals surface area contributed by atoms with E-state index in [9.17, 15) is 9.90 Å². The lowest BCUT2D eigenvalue weighted by molar-refractivity contribution is -0.146. The highest BCUT2D eigenvalue weighted by Crippen LogP contribution is 2.06. The normalized spacial score (nSPS) is 14.8. The van der Waals surface area contributed by atoms with Crippen LogP contribution in [0.3, 0.4) is 0 Å². The predicted octanol–water partition coefficient (Wildman–Crippen LogP) is 3.07. The van der Waals surface area contributed by atoms with Crippen molar-refractivity contribution < 1.29 is 14.6 Å². The van der Waals surface area contributed by atoms with Crippen LogP contribution < -0.4 is 0 Å². The third kappa shape index (κ3) is 10.1. The molecular weight excluding hydrogens is 216 g/mol. The first-order valence-electron chi connectivity index (χ1n) is 6.60. The molecule has 0 saturated carbocycles. The van der Waals surface area contributed by atoms with E-state index in [-0.39, 0.29) is 18.3 Å². The minimum absolute atomic E-state index is 0.115. The molecule has 0 heterocycles. The lowest BCUT2D eigenvalue weighted by atomic mass is 10.1. The first kappa shape index (κ1) is 16.2. The number of carbonyl (C=O) groups is 1. The van der Waals surface area contributed by atoms with Gasteiger partial charge in [0.15, 0.2) is 0 Å². The van der Waals surface area contributed by atoms with Gasteiger partial charge in [0.2, 0.25) is 0 Å². The van der Waals surface area contributed by atoms with Gasteiger partial charge in [-0.1, -0.05) is 45.8 Å². The molecule has 3 heteroatoms. The van der Waals surface area contributed by atoms with Crippen molar-refractivity contribution in [2.45, 2.75) is 59.0 Å². The molecule has 100 valence electrons. The summed E-state index contributed by atoms with van der Waals surface area (Å²) in [6.45, 7) is 6.54. The number of allylic oxidation sites excluding steroid dienone is 1. The molecule has 0 saturated heterocycles. The van der Waals surface area contributed by atoms with Crippen LogP contribution in [0.4, 0.5) is 0 Å². The molecule has 17 heavy (non-hydrogen) atoms. The molecule has 0 aliphatic heterocycles. The summed E-state index contributed by atoms with van der Waals surface area (Å²) in [6, 6.07) is 0. The van der Waals surface area contributed by atoms with E-state index in [1.165, 1.54) is 0 Å². The Morgan fingerprint density at radius 1 is 1.41 bits per heavy atom. The Kier molecular flexibility index (Phi) is 9.83. The van der Waals surface area contributed by atoms with E-state index in [1.54, 1.807) is 0 Å². The van der Waals surface area contributed by atoms with Gasteiger partial charge in [0.1, 0.15) is 0 Å². The van der Waals surface area contributed by atoms with Crippen LogP contribution in [0.15, 0.2) is 12.2 Å². The number of esters is 1. The van der Waals surface area contributed by atoms with Crippen molar-refractivity contribution in [1.82, 2.24) is 0 Å². The zero-order valence-corrected chi connectivity index (χ0v) is 11.3.